The van der Waals surface area contributed by atoms with E-state index >= 15 is 0 Å². The van der Waals surface area contributed by atoms with E-state index in [2.05, 4.69) is 5.32 Å². The molecule has 5 nitrogen and oxygen atoms in total. The number of hydrogen-bond acceptors (Lipinski definition) is 4. The molecule has 0 saturated carbocycles. The number of rotatable bonds is 7. The summed E-state index contributed by atoms with van der Waals surface area (Å²) < 4.78 is 10.3. The Morgan fingerprint density at radius 1 is 1.45 bits per heavy atom. The van der Waals surface area contributed by atoms with Crippen LogP contribution in [0.2, 0.25) is 0 Å². The number of amides is 1. The molecule has 0 saturated heterocycles. The molecule has 1 aromatic carbocycles. The maximum atomic E-state index is 12.0. The molecule has 20 heavy (non-hydrogen) atoms. The van der Waals surface area contributed by atoms with E-state index < -0.39 is 0 Å². The third kappa shape index (κ3) is 4.47. The van der Waals surface area contributed by atoms with Crippen LogP contribution >= 0.6 is 12.2 Å². The van der Waals surface area contributed by atoms with Crippen molar-refractivity contribution in [2.24, 2.45) is 11.7 Å². The summed E-state index contributed by atoms with van der Waals surface area (Å²) in [6.45, 7) is 2.47. The van der Waals surface area contributed by atoms with Gasteiger partial charge >= 0.3 is 0 Å². The van der Waals surface area contributed by atoms with Crippen LogP contribution in [0.5, 0.6) is 5.75 Å². The molecule has 1 aromatic rings. The van der Waals surface area contributed by atoms with Crippen LogP contribution in [-0.4, -0.2) is 31.7 Å². The highest BCUT2D eigenvalue weighted by Gasteiger charge is 2.15. The predicted molar refractivity (Wildman–Crippen MR) is 83.2 cm³/mol. The Morgan fingerprint density at radius 2 is 2.15 bits per heavy atom. The summed E-state index contributed by atoms with van der Waals surface area (Å²) in [5.74, 6) is 0.530. The maximum absolute atomic E-state index is 12.0. The molecule has 6 heteroatoms. The molecule has 0 aliphatic rings. The van der Waals surface area contributed by atoms with Crippen LogP contribution in [0.25, 0.3) is 0 Å². The van der Waals surface area contributed by atoms with E-state index in [1.807, 2.05) is 6.92 Å². The van der Waals surface area contributed by atoms with Gasteiger partial charge in [0, 0.05) is 25.7 Å². The van der Waals surface area contributed by atoms with Crippen LogP contribution in [0.4, 0.5) is 5.69 Å². The minimum atomic E-state index is -0.128. The van der Waals surface area contributed by atoms with Crippen LogP contribution in [0.3, 0.4) is 0 Å². The Balaban J connectivity index is 2.90. The van der Waals surface area contributed by atoms with Crippen LogP contribution in [0.15, 0.2) is 18.2 Å². The van der Waals surface area contributed by atoms with Crippen molar-refractivity contribution in [3.05, 3.63) is 23.8 Å². The van der Waals surface area contributed by atoms with E-state index in [0.29, 0.717) is 30.0 Å². The first kappa shape index (κ1) is 16.4. The Kier molecular flexibility index (Phi) is 6.41. The average molecular weight is 296 g/mol. The highest BCUT2D eigenvalue weighted by Crippen LogP contribution is 2.28. The number of carbonyl (C=O) groups excluding carboxylic acids is 1. The molecule has 0 radical (unpaired) electrons. The molecule has 1 atom stereocenters. The molecule has 0 aliphatic heterocycles. The average Bonchev–Trinajstić information content (AvgIpc) is 2.38. The predicted octanol–water partition coefficient (Wildman–Crippen LogP) is 1.94. The van der Waals surface area contributed by atoms with Gasteiger partial charge in [0.1, 0.15) is 10.7 Å². The van der Waals surface area contributed by atoms with Crippen molar-refractivity contribution in [1.82, 2.24) is 0 Å². The summed E-state index contributed by atoms with van der Waals surface area (Å²) in [7, 11) is 3.14. The van der Waals surface area contributed by atoms with E-state index in [1.54, 1.807) is 25.3 Å². The van der Waals surface area contributed by atoms with Gasteiger partial charge in [-0.15, -0.1) is 0 Å². The summed E-state index contributed by atoms with van der Waals surface area (Å²) >= 11 is 4.99. The van der Waals surface area contributed by atoms with Gasteiger partial charge in [-0.25, -0.2) is 0 Å². The lowest BCUT2D eigenvalue weighted by atomic mass is 10.1. The molecule has 0 spiro atoms. The van der Waals surface area contributed by atoms with E-state index in [4.69, 9.17) is 27.4 Å². The van der Waals surface area contributed by atoms with E-state index in [9.17, 15) is 4.79 Å². The highest BCUT2D eigenvalue weighted by atomic mass is 32.1. The number of benzene rings is 1. The summed E-state index contributed by atoms with van der Waals surface area (Å²) in [4.78, 5) is 12.2. The van der Waals surface area contributed by atoms with Gasteiger partial charge in [0.15, 0.2) is 0 Å². The monoisotopic (exact) mass is 296 g/mol. The van der Waals surface area contributed by atoms with Crippen molar-refractivity contribution in [3.63, 3.8) is 0 Å². The van der Waals surface area contributed by atoms with Crippen molar-refractivity contribution in [2.75, 3.05) is 26.1 Å². The SMILES string of the molecule is COCC(C)CC(=O)Nc1c(OC)cccc1C(N)=S. The zero-order valence-corrected chi connectivity index (χ0v) is 12.8. The van der Waals surface area contributed by atoms with Gasteiger partial charge in [-0.1, -0.05) is 25.2 Å². The minimum absolute atomic E-state index is 0.128. The number of carbonyl (C=O) groups is 1. The number of para-hydroxylation sites is 1. The first-order valence-corrected chi connectivity index (χ1v) is 6.66. The molecular formula is C14H20N2O3S. The van der Waals surface area contributed by atoms with Gasteiger partial charge in [-0.3, -0.25) is 4.79 Å². The van der Waals surface area contributed by atoms with Gasteiger partial charge in [-0.05, 0) is 18.1 Å². The zero-order valence-electron chi connectivity index (χ0n) is 11.9. The molecule has 0 fully saturated rings. The van der Waals surface area contributed by atoms with E-state index in [-0.39, 0.29) is 16.8 Å². The maximum Gasteiger partial charge on any atom is 0.224 e. The standard InChI is InChI=1S/C14H20N2O3S/c1-9(8-18-2)7-12(17)16-13-10(14(15)20)5-4-6-11(13)19-3/h4-6,9H,7-8H2,1-3H3,(H2,15,20)(H,16,17). The van der Waals surface area contributed by atoms with Gasteiger partial charge in [0.05, 0.1) is 12.8 Å². The van der Waals surface area contributed by atoms with Gasteiger partial charge in [0.2, 0.25) is 5.91 Å². The smallest absolute Gasteiger partial charge is 0.224 e. The number of nitrogens with one attached hydrogen (secondary N) is 1. The normalized spacial score (nSPS) is 11.8. The molecule has 1 unspecified atom stereocenters. The third-order valence-corrected chi connectivity index (χ3v) is 2.98. The van der Waals surface area contributed by atoms with Gasteiger partial charge in [0.25, 0.3) is 0 Å². The van der Waals surface area contributed by atoms with Crippen molar-refractivity contribution in [2.45, 2.75) is 13.3 Å². The lowest BCUT2D eigenvalue weighted by molar-refractivity contribution is -0.117. The molecule has 1 amide bonds. The summed E-state index contributed by atoms with van der Waals surface area (Å²) in [6.07, 6.45) is 0.350. The second-order valence-corrected chi connectivity index (χ2v) is 5.00. The summed E-state index contributed by atoms with van der Waals surface area (Å²) in [5, 5.41) is 2.81. The van der Waals surface area contributed by atoms with Crippen LogP contribution < -0.4 is 15.8 Å². The quantitative estimate of drug-likeness (QED) is 0.752. The number of anilines is 1. The minimum Gasteiger partial charge on any atom is -0.495 e. The first-order chi connectivity index (χ1) is 9.49. The Morgan fingerprint density at radius 3 is 2.70 bits per heavy atom. The first-order valence-electron chi connectivity index (χ1n) is 6.25. The Bertz CT molecular complexity index is 491. The van der Waals surface area contributed by atoms with Crippen molar-refractivity contribution in [3.8, 4) is 5.75 Å². The number of ether oxygens (including phenoxy) is 2. The molecule has 0 aliphatic carbocycles. The molecule has 110 valence electrons. The number of methoxy groups -OCH3 is 2. The van der Waals surface area contributed by atoms with Gasteiger partial charge < -0.3 is 20.5 Å². The Labute approximate surface area is 124 Å². The number of nitrogens with two attached hydrogens (primary N) is 1. The molecular weight excluding hydrogens is 276 g/mol. The fraction of sp³-hybridized carbons (Fsp3) is 0.429. The molecule has 3 N–H and O–H groups in total. The van der Waals surface area contributed by atoms with Crippen LogP contribution in [-0.2, 0) is 9.53 Å². The fourth-order valence-corrected chi connectivity index (χ4v) is 2.06. The lowest BCUT2D eigenvalue weighted by Gasteiger charge is -2.15. The fourth-order valence-electron chi connectivity index (χ4n) is 1.89. The van der Waals surface area contributed by atoms with Crippen molar-refractivity contribution in [1.29, 1.82) is 0 Å². The second-order valence-electron chi connectivity index (χ2n) is 4.56. The van der Waals surface area contributed by atoms with Crippen LogP contribution in [0.1, 0.15) is 18.9 Å². The van der Waals surface area contributed by atoms with E-state index in [0.717, 1.165) is 0 Å². The van der Waals surface area contributed by atoms with E-state index in [1.165, 1.54) is 7.11 Å². The topological polar surface area (TPSA) is 73.6 Å². The summed E-state index contributed by atoms with van der Waals surface area (Å²) in [5.41, 5.74) is 6.77. The number of thiocarbonyl (C=S) groups is 1. The van der Waals surface area contributed by atoms with Crippen molar-refractivity contribution < 1.29 is 14.3 Å². The highest BCUT2D eigenvalue weighted by molar-refractivity contribution is 7.80. The number of hydrogen-bond donors (Lipinski definition) is 2. The van der Waals surface area contributed by atoms with Gasteiger partial charge in [-0.2, -0.15) is 0 Å². The molecule has 1 rings (SSSR count). The Hall–Kier alpha value is -1.66. The van der Waals surface area contributed by atoms with Crippen molar-refractivity contribution >= 4 is 28.8 Å². The molecule has 0 bridgehead atoms. The zero-order chi connectivity index (χ0) is 15.1. The largest absolute Gasteiger partial charge is 0.495 e. The molecule has 0 heterocycles. The molecule has 0 aromatic heterocycles. The summed E-state index contributed by atoms with van der Waals surface area (Å²) in [6, 6.07) is 5.27. The van der Waals surface area contributed by atoms with Crippen LogP contribution in [0, 0.1) is 5.92 Å². The lowest BCUT2D eigenvalue weighted by Crippen LogP contribution is -2.21. The third-order valence-electron chi connectivity index (χ3n) is 2.76. The second kappa shape index (κ2) is 7.81.